The van der Waals surface area contributed by atoms with Crippen molar-refractivity contribution in [3.05, 3.63) is 53.6 Å². The molecular weight excluding hydrogens is 346 g/mol. The number of quaternary nitrogens is 1. The molecule has 1 N–H and O–H groups in total. The average molecular weight is 370 g/mol. The van der Waals surface area contributed by atoms with Gasteiger partial charge in [-0.25, -0.2) is 4.98 Å². The first kappa shape index (κ1) is 18.4. The number of hydrogen-bond acceptors (Lipinski definition) is 4. The van der Waals surface area contributed by atoms with Crippen LogP contribution in [0, 0.1) is 6.92 Å². The van der Waals surface area contributed by atoms with Crippen LogP contribution in [0.2, 0.25) is 0 Å². The van der Waals surface area contributed by atoms with Crippen LogP contribution in [0.15, 0.2) is 42.5 Å². The number of benzene rings is 2. The van der Waals surface area contributed by atoms with Gasteiger partial charge in [-0.3, -0.25) is 9.69 Å². The third-order valence-corrected chi connectivity index (χ3v) is 5.33. The Morgan fingerprint density at radius 3 is 2.69 bits per heavy atom. The number of hydrogen-bond donors (Lipinski definition) is 1. The molecule has 0 saturated heterocycles. The first-order valence-corrected chi connectivity index (χ1v) is 9.42. The van der Waals surface area contributed by atoms with Gasteiger partial charge in [0.1, 0.15) is 5.75 Å². The molecule has 1 aromatic heterocycles. The topological polar surface area (TPSA) is 46.9 Å². The summed E-state index contributed by atoms with van der Waals surface area (Å²) in [5.41, 5.74) is 2.55. The van der Waals surface area contributed by atoms with Crippen LogP contribution < -0.4 is 14.5 Å². The molecule has 0 bridgehead atoms. The highest BCUT2D eigenvalue weighted by atomic mass is 32.1. The number of amides is 1. The van der Waals surface area contributed by atoms with E-state index < -0.39 is 0 Å². The number of ether oxygens (including phenoxy) is 1. The van der Waals surface area contributed by atoms with Crippen molar-refractivity contribution >= 4 is 32.6 Å². The molecule has 0 aliphatic rings. The zero-order chi connectivity index (χ0) is 18.7. The van der Waals surface area contributed by atoms with Gasteiger partial charge >= 0.3 is 0 Å². The second kappa shape index (κ2) is 7.85. The molecule has 6 heteroatoms. The average Bonchev–Trinajstić information content (AvgIpc) is 3.04. The Balaban J connectivity index is 2.00. The van der Waals surface area contributed by atoms with Crippen LogP contribution in [-0.2, 0) is 0 Å². The second-order valence-electron chi connectivity index (χ2n) is 6.56. The predicted molar refractivity (Wildman–Crippen MR) is 107 cm³/mol. The van der Waals surface area contributed by atoms with Gasteiger partial charge < -0.3 is 9.64 Å². The number of nitrogens with one attached hydrogen (secondary N) is 1. The van der Waals surface area contributed by atoms with Crippen molar-refractivity contribution in [2.24, 2.45) is 0 Å². The first-order chi connectivity index (χ1) is 12.5. The summed E-state index contributed by atoms with van der Waals surface area (Å²) in [6.07, 6.45) is 0. The maximum absolute atomic E-state index is 13.2. The highest BCUT2D eigenvalue weighted by Gasteiger charge is 2.23. The number of carbonyl (C=O) groups excluding carboxylic acids is 1. The summed E-state index contributed by atoms with van der Waals surface area (Å²) in [7, 11) is 5.81. The zero-order valence-corrected chi connectivity index (χ0v) is 16.4. The summed E-state index contributed by atoms with van der Waals surface area (Å²) in [5, 5.41) is 0.725. The number of likely N-dealkylation sites (N-methyl/N-ethyl adjacent to an activating group) is 1. The van der Waals surface area contributed by atoms with Gasteiger partial charge in [-0.15, -0.1) is 0 Å². The Labute approximate surface area is 157 Å². The number of methoxy groups -OCH3 is 1. The van der Waals surface area contributed by atoms with Crippen molar-refractivity contribution in [2.75, 3.05) is 39.2 Å². The number of aryl methyl sites for hydroxylation is 1. The summed E-state index contributed by atoms with van der Waals surface area (Å²) in [5.74, 6) is 0.763. The van der Waals surface area contributed by atoms with E-state index in [1.165, 1.54) is 16.2 Å². The van der Waals surface area contributed by atoms with Gasteiger partial charge in [-0.05, 0) is 30.7 Å². The standard InChI is InChI=1S/C20H23N3O2S/c1-14-7-5-6-8-16(14)19(24)23(12-11-22(2)3)20-21-17-13-15(25-4)9-10-18(17)26-20/h5-10,13H,11-12H2,1-4H3/p+1. The van der Waals surface area contributed by atoms with E-state index in [1.807, 2.05) is 49.4 Å². The number of carbonyl (C=O) groups is 1. The smallest absolute Gasteiger partial charge is 0.260 e. The first-order valence-electron chi connectivity index (χ1n) is 8.60. The lowest BCUT2D eigenvalue weighted by atomic mass is 10.1. The Bertz CT molecular complexity index is 920. The zero-order valence-electron chi connectivity index (χ0n) is 15.6. The largest absolute Gasteiger partial charge is 0.497 e. The summed E-state index contributed by atoms with van der Waals surface area (Å²) in [6.45, 7) is 3.43. The summed E-state index contributed by atoms with van der Waals surface area (Å²) >= 11 is 1.53. The SMILES string of the molecule is COc1ccc2sc(N(CC[NH+](C)C)C(=O)c3ccccc3C)nc2c1. The fourth-order valence-corrected chi connectivity index (χ4v) is 3.69. The van der Waals surface area contributed by atoms with Gasteiger partial charge in [-0.1, -0.05) is 29.5 Å². The van der Waals surface area contributed by atoms with Crippen molar-refractivity contribution in [3.63, 3.8) is 0 Å². The Morgan fingerprint density at radius 2 is 2.00 bits per heavy atom. The molecule has 1 heterocycles. The number of aromatic nitrogens is 1. The van der Waals surface area contributed by atoms with E-state index >= 15 is 0 Å². The highest BCUT2D eigenvalue weighted by molar-refractivity contribution is 7.22. The predicted octanol–water partition coefficient (Wildman–Crippen LogP) is 2.40. The second-order valence-corrected chi connectivity index (χ2v) is 7.57. The van der Waals surface area contributed by atoms with E-state index in [9.17, 15) is 4.79 Å². The monoisotopic (exact) mass is 370 g/mol. The third-order valence-electron chi connectivity index (χ3n) is 4.27. The van der Waals surface area contributed by atoms with Gasteiger partial charge in [0, 0.05) is 11.6 Å². The Hall–Kier alpha value is -2.44. The molecule has 0 atom stereocenters. The quantitative estimate of drug-likeness (QED) is 0.725. The third kappa shape index (κ3) is 3.86. The lowest BCUT2D eigenvalue weighted by Gasteiger charge is -2.21. The molecule has 0 spiro atoms. The number of rotatable bonds is 6. The van der Waals surface area contributed by atoms with Crippen LogP contribution in [0.4, 0.5) is 5.13 Å². The van der Waals surface area contributed by atoms with E-state index in [1.54, 1.807) is 12.0 Å². The Morgan fingerprint density at radius 1 is 1.23 bits per heavy atom. The molecule has 136 valence electrons. The maximum Gasteiger partial charge on any atom is 0.260 e. The van der Waals surface area contributed by atoms with E-state index in [0.29, 0.717) is 6.54 Å². The number of nitrogens with zero attached hydrogens (tertiary/aromatic N) is 2. The molecule has 1 amide bonds. The molecule has 5 nitrogen and oxygen atoms in total. The fourth-order valence-electron chi connectivity index (χ4n) is 2.72. The molecule has 3 aromatic rings. The van der Waals surface area contributed by atoms with Crippen LogP contribution in [0.5, 0.6) is 5.75 Å². The number of anilines is 1. The maximum atomic E-state index is 13.2. The van der Waals surface area contributed by atoms with E-state index in [-0.39, 0.29) is 5.91 Å². The lowest BCUT2D eigenvalue weighted by molar-refractivity contribution is -0.856. The van der Waals surface area contributed by atoms with Crippen LogP contribution >= 0.6 is 11.3 Å². The van der Waals surface area contributed by atoms with Gasteiger partial charge in [0.2, 0.25) is 0 Å². The summed E-state index contributed by atoms with van der Waals surface area (Å²) in [4.78, 5) is 21.0. The molecule has 3 rings (SSSR count). The van der Waals surface area contributed by atoms with Crippen molar-refractivity contribution in [2.45, 2.75) is 6.92 Å². The van der Waals surface area contributed by atoms with Crippen molar-refractivity contribution in [1.82, 2.24) is 4.98 Å². The van der Waals surface area contributed by atoms with Crippen LogP contribution in [0.25, 0.3) is 10.2 Å². The van der Waals surface area contributed by atoms with Crippen molar-refractivity contribution in [1.29, 1.82) is 0 Å². The van der Waals surface area contributed by atoms with Crippen molar-refractivity contribution < 1.29 is 14.4 Å². The van der Waals surface area contributed by atoms with Gasteiger partial charge in [-0.2, -0.15) is 0 Å². The molecule has 0 aliphatic heterocycles. The summed E-state index contributed by atoms with van der Waals surface area (Å²) < 4.78 is 6.33. The number of thiazole rings is 1. The van der Waals surface area contributed by atoms with Gasteiger partial charge in [0.05, 0.1) is 44.5 Å². The molecular formula is C20H24N3O2S+. The van der Waals surface area contributed by atoms with Crippen LogP contribution in [0.3, 0.4) is 0 Å². The molecule has 0 radical (unpaired) electrons. The van der Waals surface area contributed by atoms with Crippen LogP contribution in [-0.4, -0.2) is 45.2 Å². The van der Waals surface area contributed by atoms with Gasteiger partial charge in [0.25, 0.3) is 5.91 Å². The molecule has 0 aliphatic carbocycles. The molecule has 0 fully saturated rings. The molecule has 0 unspecified atom stereocenters. The van der Waals surface area contributed by atoms with E-state index in [4.69, 9.17) is 9.72 Å². The Kier molecular flexibility index (Phi) is 5.54. The number of fused-ring (bicyclic) bond motifs is 1. The molecule has 0 saturated carbocycles. The lowest BCUT2D eigenvalue weighted by Crippen LogP contribution is -3.06. The fraction of sp³-hybridized carbons (Fsp3) is 0.300. The van der Waals surface area contributed by atoms with Crippen LogP contribution in [0.1, 0.15) is 15.9 Å². The minimum Gasteiger partial charge on any atom is -0.497 e. The van der Waals surface area contributed by atoms with Crippen molar-refractivity contribution in [3.8, 4) is 5.75 Å². The van der Waals surface area contributed by atoms with E-state index in [0.717, 1.165) is 38.8 Å². The minimum absolute atomic E-state index is 0.00429. The highest BCUT2D eigenvalue weighted by Crippen LogP contribution is 2.32. The minimum atomic E-state index is -0.00429. The molecule has 26 heavy (non-hydrogen) atoms. The summed E-state index contributed by atoms with van der Waals surface area (Å²) in [6, 6.07) is 13.5. The van der Waals surface area contributed by atoms with E-state index in [2.05, 4.69) is 14.1 Å². The molecule has 2 aromatic carbocycles. The normalized spacial score (nSPS) is 11.1. The van der Waals surface area contributed by atoms with Gasteiger partial charge in [0.15, 0.2) is 5.13 Å².